The number of pyridine rings is 1. The second-order valence-corrected chi connectivity index (χ2v) is 7.74. The maximum Gasteiger partial charge on any atom is 0.238 e. The summed E-state index contributed by atoms with van der Waals surface area (Å²) in [5, 5.41) is 5.94. The lowest BCUT2D eigenvalue weighted by molar-refractivity contribution is -0.117. The van der Waals surface area contributed by atoms with Gasteiger partial charge in [0.1, 0.15) is 11.6 Å². The van der Waals surface area contributed by atoms with Crippen molar-refractivity contribution in [2.24, 2.45) is 0 Å². The van der Waals surface area contributed by atoms with E-state index in [2.05, 4.69) is 25.5 Å². The first-order chi connectivity index (χ1) is 15.1. The van der Waals surface area contributed by atoms with E-state index in [0.29, 0.717) is 5.82 Å². The molecule has 1 aromatic carbocycles. The van der Waals surface area contributed by atoms with Gasteiger partial charge in [-0.05, 0) is 50.6 Å². The number of carbonyl (C=O) groups excluding carboxylic acids is 1. The van der Waals surface area contributed by atoms with Crippen molar-refractivity contribution in [1.29, 1.82) is 0 Å². The van der Waals surface area contributed by atoms with Gasteiger partial charge < -0.3 is 10.6 Å². The number of aromatic nitrogens is 3. The van der Waals surface area contributed by atoms with E-state index in [1.165, 1.54) is 6.07 Å². The van der Waals surface area contributed by atoms with Crippen LogP contribution in [0.25, 0.3) is 0 Å². The SMILES string of the molecule is Cc1cc(Nc2cnccn2)cc([C@@H]2CCCN(CC(=O)Nc3ccccc3F)C2)n1. The van der Waals surface area contributed by atoms with E-state index in [1.54, 1.807) is 36.8 Å². The van der Waals surface area contributed by atoms with Crippen LogP contribution in [0.15, 0.2) is 55.0 Å². The maximum absolute atomic E-state index is 13.8. The summed E-state index contributed by atoms with van der Waals surface area (Å²) in [5.74, 6) is 0.249. The van der Waals surface area contributed by atoms with Crippen LogP contribution in [0.4, 0.5) is 21.6 Å². The van der Waals surface area contributed by atoms with Crippen molar-refractivity contribution in [3.63, 3.8) is 0 Å². The third-order valence-electron chi connectivity index (χ3n) is 5.25. The molecule has 2 N–H and O–H groups in total. The molecule has 0 aliphatic carbocycles. The highest BCUT2D eigenvalue weighted by atomic mass is 19.1. The zero-order valence-electron chi connectivity index (χ0n) is 17.4. The Hall–Kier alpha value is -3.39. The number of amides is 1. The number of benzene rings is 1. The van der Waals surface area contributed by atoms with Crippen LogP contribution >= 0.6 is 0 Å². The summed E-state index contributed by atoms with van der Waals surface area (Å²) >= 11 is 0. The highest BCUT2D eigenvalue weighted by molar-refractivity contribution is 5.92. The van der Waals surface area contributed by atoms with Crippen molar-refractivity contribution in [2.45, 2.75) is 25.7 Å². The maximum atomic E-state index is 13.8. The van der Waals surface area contributed by atoms with E-state index >= 15 is 0 Å². The number of piperidine rings is 1. The van der Waals surface area contributed by atoms with Crippen LogP contribution in [0.5, 0.6) is 0 Å². The van der Waals surface area contributed by atoms with Gasteiger partial charge in [-0.3, -0.25) is 19.7 Å². The molecular weight excluding hydrogens is 395 g/mol. The van der Waals surface area contributed by atoms with E-state index in [0.717, 1.165) is 43.0 Å². The lowest BCUT2D eigenvalue weighted by Gasteiger charge is -2.32. The topological polar surface area (TPSA) is 83.0 Å². The van der Waals surface area contributed by atoms with E-state index in [1.807, 2.05) is 19.1 Å². The number of likely N-dealkylation sites (tertiary alicyclic amines) is 1. The van der Waals surface area contributed by atoms with E-state index in [4.69, 9.17) is 4.98 Å². The Morgan fingerprint density at radius 2 is 2.13 bits per heavy atom. The molecule has 1 atom stereocenters. The number of anilines is 3. The first-order valence-corrected chi connectivity index (χ1v) is 10.3. The summed E-state index contributed by atoms with van der Waals surface area (Å²) in [7, 11) is 0. The fourth-order valence-electron chi connectivity index (χ4n) is 3.88. The lowest BCUT2D eigenvalue weighted by Crippen LogP contribution is -2.40. The summed E-state index contributed by atoms with van der Waals surface area (Å²) < 4.78 is 13.8. The molecule has 160 valence electrons. The molecule has 1 saturated heterocycles. The van der Waals surface area contributed by atoms with Gasteiger partial charge in [0.15, 0.2) is 0 Å². The van der Waals surface area contributed by atoms with Gasteiger partial charge in [-0.15, -0.1) is 0 Å². The zero-order chi connectivity index (χ0) is 21.6. The van der Waals surface area contributed by atoms with Crippen LogP contribution in [0, 0.1) is 12.7 Å². The number of hydrogen-bond acceptors (Lipinski definition) is 6. The van der Waals surface area contributed by atoms with Crippen molar-refractivity contribution < 1.29 is 9.18 Å². The van der Waals surface area contributed by atoms with Crippen molar-refractivity contribution in [1.82, 2.24) is 19.9 Å². The van der Waals surface area contributed by atoms with Gasteiger partial charge >= 0.3 is 0 Å². The Bertz CT molecular complexity index is 1050. The Balaban J connectivity index is 1.41. The fraction of sp³-hybridized carbons (Fsp3) is 0.304. The van der Waals surface area contributed by atoms with E-state index in [9.17, 15) is 9.18 Å². The summed E-state index contributed by atoms with van der Waals surface area (Å²) in [4.78, 5) is 27.6. The van der Waals surface area contributed by atoms with Gasteiger partial charge in [-0.2, -0.15) is 0 Å². The number of aryl methyl sites for hydroxylation is 1. The van der Waals surface area contributed by atoms with Crippen LogP contribution in [0.2, 0.25) is 0 Å². The second-order valence-electron chi connectivity index (χ2n) is 7.74. The predicted molar refractivity (Wildman–Crippen MR) is 118 cm³/mol. The first kappa shape index (κ1) is 20.9. The van der Waals surface area contributed by atoms with Gasteiger partial charge in [-0.25, -0.2) is 9.37 Å². The molecule has 3 heterocycles. The third-order valence-corrected chi connectivity index (χ3v) is 5.25. The molecule has 0 bridgehead atoms. The van der Waals surface area contributed by atoms with Gasteiger partial charge in [0.05, 0.1) is 18.4 Å². The van der Waals surface area contributed by atoms with Gasteiger partial charge in [0, 0.05) is 41.9 Å². The van der Waals surface area contributed by atoms with Crippen molar-refractivity contribution in [2.75, 3.05) is 30.3 Å². The number of hydrogen-bond donors (Lipinski definition) is 2. The molecule has 0 unspecified atom stereocenters. The Kier molecular flexibility index (Phi) is 6.47. The summed E-state index contributed by atoms with van der Waals surface area (Å²) in [6, 6.07) is 10.2. The Morgan fingerprint density at radius 1 is 1.26 bits per heavy atom. The average molecular weight is 420 g/mol. The number of nitrogens with zero attached hydrogens (tertiary/aromatic N) is 4. The number of para-hydroxylation sites is 1. The molecule has 0 radical (unpaired) electrons. The van der Waals surface area contributed by atoms with Gasteiger partial charge in [0.2, 0.25) is 5.91 Å². The van der Waals surface area contributed by atoms with Crippen LogP contribution in [-0.4, -0.2) is 45.4 Å². The average Bonchev–Trinajstić information content (AvgIpc) is 2.76. The highest BCUT2D eigenvalue weighted by Gasteiger charge is 2.24. The number of nitrogens with one attached hydrogen (secondary N) is 2. The summed E-state index contributed by atoms with van der Waals surface area (Å²) in [6.07, 6.45) is 6.93. The molecule has 1 aliphatic heterocycles. The predicted octanol–water partition coefficient (Wildman–Crippen LogP) is 3.88. The van der Waals surface area contributed by atoms with Crippen LogP contribution in [0.3, 0.4) is 0 Å². The molecule has 3 aromatic rings. The molecule has 1 amide bonds. The molecule has 0 spiro atoms. The minimum atomic E-state index is -0.431. The fourth-order valence-corrected chi connectivity index (χ4v) is 3.88. The molecule has 31 heavy (non-hydrogen) atoms. The second kappa shape index (κ2) is 9.61. The molecule has 1 fully saturated rings. The molecular formula is C23H25FN6O. The summed E-state index contributed by atoms with van der Waals surface area (Å²) in [5.41, 5.74) is 3.03. The third kappa shape index (κ3) is 5.61. The van der Waals surface area contributed by atoms with E-state index < -0.39 is 5.82 Å². The monoisotopic (exact) mass is 420 g/mol. The smallest absolute Gasteiger partial charge is 0.238 e. The largest absolute Gasteiger partial charge is 0.339 e. The quantitative estimate of drug-likeness (QED) is 0.630. The number of halogens is 1. The minimum absolute atomic E-state index is 0.209. The molecule has 0 saturated carbocycles. The molecule has 8 heteroatoms. The Labute approximate surface area is 180 Å². The van der Waals surface area contributed by atoms with Crippen LogP contribution < -0.4 is 10.6 Å². The Morgan fingerprint density at radius 3 is 2.94 bits per heavy atom. The standard InChI is InChI=1S/C23H25FN6O/c1-16-11-18(28-22-13-25-8-9-26-22)12-21(27-16)17-5-4-10-30(14-17)15-23(31)29-20-7-3-2-6-19(20)24/h2-3,6-9,11-13,17H,4-5,10,14-15H2,1H3,(H,29,31)(H,26,27,28)/t17-/m1/s1. The number of carbonyl (C=O) groups is 1. The van der Waals surface area contributed by atoms with Crippen molar-refractivity contribution >= 4 is 23.1 Å². The van der Waals surface area contributed by atoms with Crippen molar-refractivity contribution in [3.8, 4) is 0 Å². The molecule has 4 rings (SSSR count). The van der Waals surface area contributed by atoms with Crippen LogP contribution in [0.1, 0.15) is 30.1 Å². The van der Waals surface area contributed by atoms with Crippen LogP contribution in [-0.2, 0) is 4.79 Å². The van der Waals surface area contributed by atoms with Crippen molar-refractivity contribution in [3.05, 3.63) is 72.2 Å². The summed E-state index contributed by atoms with van der Waals surface area (Å²) in [6.45, 7) is 3.75. The minimum Gasteiger partial charge on any atom is -0.339 e. The first-order valence-electron chi connectivity index (χ1n) is 10.3. The molecule has 7 nitrogen and oxygen atoms in total. The molecule has 1 aliphatic rings. The number of rotatable bonds is 6. The zero-order valence-corrected chi connectivity index (χ0v) is 17.4. The molecule has 2 aromatic heterocycles. The van der Waals surface area contributed by atoms with Gasteiger partial charge in [-0.1, -0.05) is 12.1 Å². The van der Waals surface area contributed by atoms with E-state index in [-0.39, 0.29) is 24.1 Å². The van der Waals surface area contributed by atoms with Gasteiger partial charge in [0.25, 0.3) is 0 Å². The normalized spacial score (nSPS) is 16.6. The lowest BCUT2D eigenvalue weighted by atomic mass is 9.93. The highest BCUT2D eigenvalue weighted by Crippen LogP contribution is 2.28.